The first kappa shape index (κ1) is 16.7. The van der Waals surface area contributed by atoms with Gasteiger partial charge in [0, 0.05) is 31.2 Å². The fraction of sp³-hybridized carbons (Fsp3) is 0.421. The van der Waals surface area contributed by atoms with Gasteiger partial charge in [0.25, 0.3) is 0 Å². The van der Waals surface area contributed by atoms with Crippen molar-refractivity contribution in [3.8, 4) is 5.75 Å². The molecule has 0 unspecified atom stereocenters. The Balaban J connectivity index is 1.50. The number of hydrogen-bond acceptors (Lipinski definition) is 4. The molecule has 2 aromatic rings. The van der Waals surface area contributed by atoms with E-state index < -0.39 is 0 Å². The number of nitrogens with zero attached hydrogens (tertiary/aromatic N) is 2. The molecule has 5 heteroatoms. The first-order valence-electron chi connectivity index (χ1n) is 8.36. The van der Waals surface area contributed by atoms with Gasteiger partial charge < -0.3 is 9.84 Å². The van der Waals surface area contributed by atoms with Gasteiger partial charge in [-0.15, -0.1) is 0 Å². The number of β-amino-alcohol motifs (C(OH)–C–C–N with tert-alkyl or cyclic N) is 1. The zero-order valence-electron chi connectivity index (χ0n) is 14.3. The minimum Gasteiger partial charge on any atom is -0.497 e. The number of aliphatic hydroxyl groups is 1. The van der Waals surface area contributed by atoms with Gasteiger partial charge in [0.1, 0.15) is 5.75 Å². The highest BCUT2D eigenvalue weighted by atomic mass is 16.5. The van der Waals surface area contributed by atoms with Gasteiger partial charge in [0.05, 0.1) is 18.9 Å². The zero-order valence-corrected chi connectivity index (χ0v) is 14.3. The monoisotopic (exact) mass is 327 g/mol. The lowest BCUT2D eigenvalue weighted by Crippen LogP contribution is -2.21. The van der Waals surface area contributed by atoms with E-state index in [1.165, 1.54) is 0 Å². The van der Waals surface area contributed by atoms with E-state index in [0.717, 1.165) is 48.8 Å². The Morgan fingerprint density at radius 1 is 1.33 bits per heavy atom. The molecule has 0 amide bonds. The number of ether oxygens (including phenoxy) is 1. The third-order valence-corrected chi connectivity index (χ3v) is 4.50. The van der Waals surface area contributed by atoms with Gasteiger partial charge in [0.15, 0.2) is 0 Å². The van der Waals surface area contributed by atoms with E-state index in [4.69, 9.17) is 4.74 Å². The highest BCUT2D eigenvalue weighted by Crippen LogP contribution is 2.21. The van der Waals surface area contributed by atoms with Crippen molar-refractivity contribution in [2.24, 2.45) is 5.92 Å². The normalized spacial score (nSPS) is 21.6. The minimum atomic E-state index is -0.281. The predicted molar refractivity (Wildman–Crippen MR) is 95.0 cm³/mol. The highest BCUT2D eigenvalue weighted by molar-refractivity contribution is 5.50. The smallest absolute Gasteiger partial charge is 0.118 e. The molecule has 1 saturated heterocycles. The van der Waals surface area contributed by atoms with E-state index in [1.54, 1.807) is 7.11 Å². The number of H-pyrrole nitrogens is 1. The third-order valence-electron chi connectivity index (χ3n) is 4.50. The molecule has 0 bridgehead atoms. The van der Waals surface area contributed by atoms with Crippen LogP contribution in [-0.2, 0) is 6.42 Å². The van der Waals surface area contributed by atoms with Crippen molar-refractivity contribution >= 4 is 6.08 Å². The standard InChI is InChI=1S/C19H25N3O2/c1-14-10-17(21-20-14)11-16-12-22(13-19(16)23)9-3-4-15-5-7-18(24-2)8-6-15/h3-8,10,16,19,23H,9,11-13H2,1-2H3,(H,20,21)/t16-,19-/m1/s1. The van der Waals surface area contributed by atoms with Crippen molar-refractivity contribution in [2.75, 3.05) is 26.7 Å². The second-order valence-electron chi connectivity index (χ2n) is 6.47. The molecule has 5 nitrogen and oxygen atoms in total. The number of aromatic nitrogens is 2. The summed E-state index contributed by atoms with van der Waals surface area (Å²) in [6, 6.07) is 10.1. The summed E-state index contributed by atoms with van der Waals surface area (Å²) in [6.45, 7) is 4.47. The van der Waals surface area contributed by atoms with E-state index >= 15 is 0 Å². The quantitative estimate of drug-likeness (QED) is 0.854. The van der Waals surface area contributed by atoms with E-state index in [-0.39, 0.29) is 12.0 Å². The summed E-state index contributed by atoms with van der Waals surface area (Å²) in [5.41, 5.74) is 3.25. The van der Waals surface area contributed by atoms with E-state index in [2.05, 4.69) is 33.3 Å². The molecule has 1 aromatic carbocycles. The molecule has 1 aliphatic rings. The molecular weight excluding hydrogens is 302 g/mol. The first-order chi connectivity index (χ1) is 11.6. The van der Waals surface area contributed by atoms with Crippen LogP contribution in [0.4, 0.5) is 0 Å². The van der Waals surface area contributed by atoms with Gasteiger partial charge in [0.2, 0.25) is 0 Å². The number of benzene rings is 1. The number of likely N-dealkylation sites (tertiary alicyclic amines) is 1. The molecule has 2 atom stereocenters. The SMILES string of the molecule is COc1ccc(C=CCN2C[C@@H](Cc3cc(C)[nH]n3)[C@H](O)C2)cc1. The lowest BCUT2D eigenvalue weighted by molar-refractivity contribution is 0.142. The molecule has 0 saturated carbocycles. The number of aliphatic hydroxyl groups excluding tert-OH is 1. The molecule has 0 aliphatic carbocycles. The molecule has 1 aromatic heterocycles. The number of aromatic amines is 1. The van der Waals surface area contributed by atoms with Crippen LogP contribution in [0.25, 0.3) is 6.08 Å². The van der Waals surface area contributed by atoms with Crippen molar-refractivity contribution in [3.05, 3.63) is 53.4 Å². The van der Waals surface area contributed by atoms with Crippen molar-refractivity contribution in [1.82, 2.24) is 15.1 Å². The third kappa shape index (κ3) is 4.24. The summed E-state index contributed by atoms with van der Waals surface area (Å²) in [5, 5.41) is 17.5. The van der Waals surface area contributed by atoms with Gasteiger partial charge in [-0.3, -0.25) is 10.00 Å². The molecule has 2 heterocycles. The molecular formula is C19H25N3O2. The Bertz CT molecular complexity index is 678. The number of aryl methyl sites for hydroxylation is 1. The van der Waals surface area contributed by atoms with Gasteiger partial charge in [-0.2, -0.15) is 5.10 Å². The second kappa shape index (κ2) is 7.64. The van der Waals surface area contributed by atoms with Crippen LogP contribution in [-0.4, -0.2) is 53.1 Å². The molecule has 0 radical (unpaired) electrons. The van der Waals surface area contributed by atoms with Crippen LogP contribution >= 0.6 is 0 Å². The average molecular weight is 327 g/mol. The van der Waals surface area contributed by atoms with Crippen molar-refractivity contribution in [3.63, 3.8) is 0 Å². The Kier molecular flexibility index (Phi) is 5.33. The number of methoxy groups -OCH3 is 1. The van der Waals surface area contributed by atoms with Crippen molar-refractivity contribution < 1.29 is 9.84 Å². The summed E-state index contributed by atoms with van der Waals surface area (Å²) in [5.74, 6) is 1.12. The Morgan fingerprint density at radius 2 is 2.12 bits per heavy atom. The summed E-state index contributed by atoms with van der Waals surface area (Å²) >= 11 is 0. The Hall–Kier alpha value is -2.11. The maximum atomic E-state index is 10.3. The van der Waals surface area contributed by atoms with Crippen LogP contribution in [0.5, 0.6) is 5.75 Å². The van der Waals surface area contributed by atoms with Gasteiger partial charge in [-0.05, 0) is 37.1 Å². The van der Waals surface area contributed by atoms with E-state index in [1.807, 2.05) is 31.2 Å². The van der Waals surface area contributed by atoms with E-state index in [9.17, 15) is 5.11 Å². The molecule has 3 rings (SSSR count). The largest absolute Gasteiger partial charge is 0.497 e. The average Bonchev–Trinajstić information content (AvgIpc) is 3.14. The Labute approximate surface area is 143 Å². The summed E-state index contributed by atoms with van der Waals surface area (Å²) < 4.78 is 5.16. The topological polar surface area (TPSA) is 61.4 Å². The lowest BCUT2D eigenvalue weighted by atomic mass is 10.0. The van der Waals surface area contributed by atoms with Gasteiger partial charge >= 0.3 is 0 Å². The van der Waals surface area contributed by atoms with Crippen molar-refractivity contribution in [1.29, 1.82) is 0 Å². The first-order valence-corrected chi connectivity index (χ1v) is 8.36. The van der Waals surface area contributed by atoms with Crippen LogP contribution in [0.1, 0.15) is 17.0 Å². The molecule has 1 fully saturated rings. The van der Waals surface area contributed by atoms with Crippen LogP contribution in [0, 0.1) is 12.8 Å². The summed E-state index contributed by atoms with van der Waals surface area (Å²) in [7, 11) is 1.67. The molecule has 0 spiro atoms. The van der Waals surface area contributed by atoms with Gasteiger partial charge in [-0.1, -0.05) is 24.3 Å². The molecule has 24 heavy (non-hydrogen) atoms. The summed E-state index contributed by atoms with van der Waals surface area (Å²) in [4.78, 5) is 2.29. The maximum absolute atomic E-state index is 10.3. The number of rotatable bonds is 6. The molecule has 128 valence electrons. The van der Waals surface area contributed by atoms with Crippen LogP contribution in [0.3, 0.4) is 0 Å². The van der Waals surface area contributed by atoms with Gasteiger partial charge in [-0.25, -0.2) is 0 Å². The van der Waals surface area contributed by atoms with Crippen LogP contribution in [0.15, 0.2) is 36.4 Å². The summed E-state index contributed by atoms with van der Waals surface area (Å²) in [6.07, 6.45) is 4.80. The zero-order chi connectivity index (χ0) is 16.9. The lowest BCUT2D eigenvalue weighted by Gasteiger charge is -2.12. The number of hydrogen-bond donors (Lipinski definition) is 2. The van der Waals surface area contributed by atoms with Crippen LogP contribution in [0.2, 0.25) is 0 Å². The second-order valence-corrected chi connectivity index (χ2v) is 6.47. The highest BCUT2D eigenvalue weighted by Gasteiger charge is 2.31. The fourth-order valence-electron chi connectivity index (χ4n) is 3.19. The maximum Gasteiger partial charge on any atom is 0.118 e. The minimum absolute atomic E-state index is 0.252. The van der Waals surface area contributed by atoms with Crippen LogP contribution < -0.4 is 4.74 Å². The number of nitrogens with one attached hydrogen (secondary N) is 1. The van der Waals surface area contributed by atoms with E-state index in [0.29, 0.717) is 0 Å². The Morgan fingerprint density at radius 3 is 2.79 bits per heavy atom. The molecule has 1 aliphatic heterocycles. The van der Waals surface area contributed by atoms with Crippen molar-refractivity contribution in [2.45, 2.75) is 19.4 Å². The predicted octanol–water partition coefficient (Wildman–Crippen LogP) is 2.28. The fourth-order valence-corrected chi connectivity index (χ4v) is 3.19. The molecule has 2 N–H and O–H groups in total.